The van der Waals surface area contributed by atoms with Crippen LogP contribution in [0.4, 0.5) is 13.2 Å². The largest absolute Gasteiger partial charge is 0.446 e. The summed E-state index contributed by atoms with van der Waals surface area (Å²) in [7, 11) is 0. The highest BCUT2D eigenvalue weighted by atomic mass is 35.5. The molecule has 0 radical (unpaired) electrons. The lowest BCUT2D eigenvalue weighted by Crippen LogP contribution is -2.25. The van der Waals surface area contributed by atoms with Crippen molar-refractivity contribution in [3.05, 3.63) is 76.2 Å². The third kappa shape index (κ3) is 5.21. The van der Waals surface area contributed by atoms with Crippen molar-refractivity contribution in [3.63, 3.8) is 0 Å². The number of carbonyl (C=O) groups excluding carboxylic acids is 1. The Morgan fingerprint density at radius 2 is 1.89 bits per heavy atom. The molecule has 4 nitrogen and oxygen atoms in total. The van der Waals surface area contributed by atoms with E-state index in [4.69, 9.17) is 23.2 Å². The standard InChI is InChI=1S/C18H12Cl2F3N3OS/c19-12-8-14(20)16(24-10-12)26-7-1-2-15(26)17(27)25-9-11-3-5-13(6-4-11)28-18(21,22)23/h1-8,10H,9H2,(H,25,27). The van der Waals surface area contributed by atoms with Gasteiger partial charge in [-0.25, -0.2) is 4.98 Å². The van der Waals surface area contributed by atoms with Gasteiger partial charge in [0.1, 0.15) is 5.69 Å². The molecule has 3 rings (SSSR count). The summed E-state index contributed by atoms with van der Waals surface area (Å²) in [6.07, 6.45) is 3.06. The minimum Gasteiger partial charge on any atom is -0.347 e. The summed E-state index contributed by atoms with van der Waals surface area (Å²) >= 11 is 11.8. The Morgan fingerprint density at radius 1 is 1.18 bits per heavy atom. The number of alkyl halides is 3. The van der Waals surface area contributed by atoms with Crippen LogP contribution >= 0.6 is 35.0 Å². The molecule has 28 heavy (non-hydrogen) atoms. The van der Waals surface area contributed by atoms with Crippen LogP contribution in [0.5, 0.6) is 0 Å². The second-order valence-electron chi connectivity index (χ2n) is 5.60. The summed E-state index contributed by atoms with van der Waals surface area (Å²) in [5.74, 6) is -0.0266. The number of aromatic nitrogens is 2. The summed E-state index contributed by atoms with van der Waals surface area (Å²) in [6.45, 7) is 0.156. The van der Waals surface area contributed by atoms with Gasteiger partial charge in [-0.2, -0.15) is 13.2 Å². The van der Waals surface area contributed by atoms with E-state index in [9.17, 15) is 18.0 Å². The summed E-state index contributed by atoms with van der Waals surface area (Å²) in [5.41, 5.74) is -3.36. The van der Waals surface area contributed by atoms with Gasteiger partial charge in [0.15, 0.2) is 5.82 Å². The first kappa shape index (κ1) is 20.6. The molecule has 1 amide bonds. The number of amides is 1. The zero-order valence-electron chi connectivity index (χ0n) is 14.0. The van der Waals surface area contributed by atoms with Gasteiger partial charge in [0.25, 0.3) is 5.91 Å². The topological polar surface area (TPSA) is 46.9 Å². The average Bonchev–Trinajstić information content (AvgIpc) is 3.09. The molecule has 146 valence electrons. The minimum atomic E-state index is -4.34. The normalized spacial score (nSPS) is 11.5. The summed E-state index contributed by atoms with van der Waals surface area (Å²) < 4.78 is 38.6. The van der Waals surface area contributed by atoms with Crippen molar-refractivity contribution in [3.8, 4) is 5.82 Å². The smallest absolute Gasteiger partial charge is 0.347 e. The Balaban J connectivity index is 1.69. The van der Waals surface area contributed by atoms with Gasteiger partial charge in [0.05, 0.1) is 10.0 Å². The third-order valence-electron chi connectivity index (χ3n) is 3.61. The predicted molar refractivity (Wildman–Crippen MR) is 103 cm³/mol. The van der Waals surface area contributed by atoms with Crippen molar-refractivity contribution in [2.24, 2.45) is 0 Å². The summed E-state index contributed by atoms with van der Waals surface area (Å²) in [5, 5.41) is 3.39. The van der Waals surface area contributed by atoms with Crippen LogP contribution in [0.2, 0.25) is 10.0 Å². The predicted octanol–water partition coefficient (Wildman–Crippen LogP) is 5.72. The van der Waals surface area contributed by atoms with Crippen LogP contribution < -0.4 is 5.32 Å². The van der Waals surface area contributed by atoms with Crippen LogP contribution in [0.15, 0.2) is 59.8 Å². The maximum atomic E-state index is 12.5. The average molecular weight is 446 g/mol. The number of carbonyl (C=O) groups is 1. The summed E-state index contributed by atoms with van der Waals surface area (Å²) in [6, 6.07) is 10.6. The molecular formula is C18H12Cl2F3N3OS. The molecule has 10 heteroatoms. The molecule has 2 heterocycles. The second kappa shape index (κ2) is 8.46. The minimum absolute atomic E-state index is 0.0832. The second-order valence-corrected chi connectivity index (χ2v) is 7.58. The molecule has 0 aliphatic heterocycles. The molecule has 0 spiro atoms. The van der Waals surface area contributed by atoms with Crippen molar-refractivity contribution in [1.82, 2.24) is 14.9 Å². The van der Waals surface area contributed by atoms with E-state index in [0.717, 1.165) is 0 Å². The van der Waals surface area contributed by atoms with Crippen molar-refractivity contribution < 1.29 is 18.0 Å². The van der Waals surface area contributed by atoms with Crippen LogP contribution in [0.1, 0.15) is 16.1 Å². The van der Waals surface area contributed by atoms with Gasteiger partial charge in [-0.05, 0) is 47.7 Å². The van der Waals surface area contributed by atoms with Gasteiger partial charge >= 0.3 is 5.51 Å². The number of benzene rings is 1. The quantitative estimate of drug-likeness (QED) is 0.510. The fourth-order valence-electron chi connectivity index (χ4n) is 2.42. The van der Waals surface area contributed by atoms with Crippen LogP contribution in [-0.4, -0.2) is 21.0 Å². The Labute approximate surface area is 172 Å². The molecule has 0 saturated carbocycles. The number of rotatable bonds is 5. The Bertz CT molecular complexity index is 990. The molecule has 0 atom stereocenters. The number of nitrogens with one attached hydrogen (secondary N) is 1. The fraction of sp³-hybridized carbons (Fsp3) is 0.111. The highest BCUT2D eigenvalue weighted by Crippen LogP contribution is 2.36. The lowest BCUT2D eigenvalue weighted by atomic mass is 10.2. The highest BCUT2D eigenvalue weighted by Gasteiger charge is 2.29. The molecule has 1 aromatic carbocycles. The van der Waals surface area contributed by atoms with E-state index in [1.54, 1.807) is 18.3 Å². The Morgan fingerprint density at radius 3 is 2.54 bits per heavy atom. The van der Waals surface area contributed by atoms with E-state index in [1.807, 2.05) is 0 Å². The first-order valence-corrected chi connectivity index (χ1v) is 9.42. The van der Waals surface area contributed by atoms with Crippen LogP contribution in [0.3, 0.4) is 0 Å². The van der Waals surface area contributed by atoms with Crippen molar-refractivity contribution >= 4 is 40.9 Å². The Hall–Kier alpha value is -2.16. The van der Waals surface area contributed by atoms with E-state index in [1.165, 1.54) is 41.1 Å². The number of nitrogens with zero attached hydrogens (tertiary/aromatic N) is 2. The van der Waals surface area contributed by atoms with E-state index in [-0.39, 0.29) is 34.1 Å². The molecule has 0 fully saturated rings. The Kier molecular flexibility index (Phi) is 6.22. The zero-order chi connectivity index (χ0) is 20.3. The molecule has 0 aliphatic carbocycles. The van der Waals surface area contributed by atoms with Crippen LogP contribution in [-0.2, 0) is 6.54 Å². The fourth-order valence-corrected chi connectivity index (χ4v) is 3.43. The van der Waals surface area contributed by atoms with Gasteiger partial charge in [0, 0.05) is 23.8 Å². The summed E-state index contributed by atoms with van der Waals surface area (Å²) in [4.78, 5) is 16.8. The SMILES string of the molecule is O=C(NCc1ccc(SC(F)(F)F)cc1)c1cccn1-c1ncc(Cl)cc1Cl. The highest BCUT2D eigenvalue weighted by molar-refractivity contribution is 8.00. The third-order valence-corrected chi connectivity index (χ3v) is 4.83. The van der Waals surface area contributed by atoms with Gasteiger partial charge in [-0.15, -0.1) is 0 Å². The maximum absolute atomic E-state index is 12.5. The molecule has 0 aliphatic rings. The number of hydrogen-bond donors (Lipinski definition) is 1. The van der Waals surface area contributed by atoms with Gasteiger partial charge in [-0.3, -0.25) is 9.36 Å². The first-order valence-electron chi connectivity index (χ1n) is 7.84. The first-order chi connectivity index (χ1) is 13.2. The van der Waals surface area contributed by atoms with Gasteiger partial charge in [0.2, 0.25) is 0 Å². The van der Waals surface area contributed by atoms with Crippen molar-refractivity contribution in [2.45, 2.75) is 16.9 Å². The number of thioether (sulfide) groups is 1. The van der Waals surface area contributed by atoms with E-state index in [2.05, 4.69) is 10.3 Å². The van der Waals surface area contributed by atoms with Gasteiger partial charge < -0.3 is 5.32 Å². The molecule has 2 aromatic heterocycles. The van der Waals surface area contributed by atoms with E-state index in [0.29, 0.717) is 22.1 Å². The number of halogens is 5. The van der Waals surface area contributed by atoms with Crippen molar-refractivity contribution in [2.75, 3.05) is 0 Å². The number of hydrogen-bond acceptors (Lipinski definition) is 3. The molecule has 3 aromatic rings. The maximum Gasteiger partial charge on any atom is 0.446 e. The molecular weight excluding hydrogens is 434 g/mol. The number of pyridine rings is 1. The van der Waals surface area contributed by atoms with Crippen molar-refractivity contribution in [1.29, 1.82) is 0 Å². The lowest BCUT2D eigenvalue weighted by molar-refractivity contribution is -0.0328. The molecule has 0 saturated heterocycles. The molecule has 1 N–H and O–H groups in total. The monoisotopic (exact) mass is 445 g/mol. The van der Waals surface area contributed by atoms with Crippen LogP contribution in [0, 0.1) is 0 Å². The molecule has 0 unspecified atom stereocenters. The van der Waals surface area contributed by atoms with E-state index < -0.39 is 5.51 Å². The zero-order valence-corrected chi connectivity index (χ0v) is 16.3. The van der Waals surface area contributed by atoms with Crippen LogP contribution in [0.25, 0.3) is 5.82 Å². The van der Waals surface area contributed by atoms with Gasteiger partial charge in [-0.1, -0.05) is 35.3 Å². The van der Waals surface area contributed by atoms with E-state index >= 15 is 0 Å². The molecule has 0 bridgehead atoms. The lowest BCUT2D eigenvalue weighted by Gasteiger charge is -2.11.